The topological polar surface area (TPSA) is 65.1 Å². The molecule has 0 saturated carbocycles. The van der Waals surface area contributed by atoms with Gasteiger partial charge in [0.15, 0.2) is 0 Å². The summed E-state index contributed by atoms with van der Waals surface area (Å²) in [5.41, 5.74) is -0.385. The lowest BCUT2D eigenvalue weighted by Crippen LogP contribution is -2.67. The average Bonchev–Trinajstić information content (AvgIpc) is 2.53. The average molecular weight is 341 g/mol. The van der Waals surface area contributed by atoms with Crippen LogP contribution < -0.4 is 4.74 Å². The van der Waals surface area contributed by atoms with E-state index < -0.39 is 10.0 Å². The van der Waals surface area contributed by atoms with Gasteiger partial charge in [0.05, 0.1) is 23.7 Å². The van der Waals surface area contributed by atoms with Gasteiger partial charge in [0.25, 0.3) is 0 Å². The molecule has 2 aliphatic rings. The molecule has 0 aromatic heterocycles. The molecule has 0 amide bonds. The molecule has 6 nitrogen and oxygen atoms in total. The lowest BCUT2D eigenvalue weighted by atomic mass is 9.86. The zero-order chi connectivity index (χ0) is 16.5. The van der Waals surface area contributed by atoms with Gasteiger partial charge in [0.1, 0.15) is 5.75 Å². The third-order valence-corrected chi connectivity index (χ3v) is 6.25. The van der Waals surface area contributed by atoms with Crippen molar-refractivity contribution < 1.29 is 22.6 Å². The molecule has 1 aromatic carbocycles. The summed E-state index contributed by atoms with van der Waals surface area (Å²) in [4.78, 5) is 0.254. The molecule has 128 valence electrons. The predicted molar refractivity (Wildman–Crippen MR) is 85.1 cm³/mol. The van der Waals surface area contributed by atoms with Crippen LogP contribution in [0.15, 0.2) is 29.2 Å². The van der Waals surface area contributed by atoms with Crippen molar-refractivity contribution in [3.05, 3.63) is 24.3 Å². The van der Waals surface area contributed by atoms with E-state index in [0.29, 0.717) is 32.1 Å². The highest BCUT2D eigenvalue weighted by atomic mass is 32.2. The van der Waals surface area contributed by atoms with Gasteiger partial charge in [0.2, 0.25) is 10.0 Å². The Kier molecular flexibility index (Phi) is 4.64. The zero-order valence-electron chi connectivity index (χ0n) is 13.5. The van der Waals surface area contributed by atoms with Gasteiger partial charge in [-0.05, 0) is 25.5 Å². The fraction of sp³-hybridized carbons (Fsp3) is 0.625. The molecule has 0 aliphatic carbocycles. The van der Waals surface area contributed by atoms with Crippen molar-refractivity contribution in [2.45, 2.75) is 36.4 Å². The Morgan fingerprint density at radius 1 is 1.39 bits per heavy atom. The number of hydrogen-bond donors (Lipinski definition) is 0. The summed E-state index contributed by atoms with van der Waals surface area (Å²) in [5, 5.41) is 0. The number of ether oxygens (including phenoxy) is 3. The van der Waals surface area contributed by atoms with Crippen LogP contribution in [0.2, 0.25) is 0 Å². The van der Waals surface area contributed by atoms with Crippen LogP contribution in [0.1, 0.15) is 19.8 Å². The molecule has 1 unspecified atom stereocenters. The van der Waals surface area contributed by atoms with E-state index in [2.05, 4.69) is 0 Å². The predicted octanol–water partition coefficient (Wildman–Crippen LogP) is 1.65. The van der Waals surface area contributed by atoms with Gasteiger partial charge in [-0.25, -0.2) is 8.42 Å². The van der Waals surface area contributed by atoms with Crippen LogP contribution >= 0.6 is 0 Å². The van der Waals surface area contributed by atoms with E-state index in [1.165, 1.54) is 11.4 Å². The lowest BCUT2D eigenvalue weighted by molar-refractivity contribution is -0.177. The second-order valence-corrected chi connectivity index (χ2v) is 7.99. The summed E-state index contributed by atoms with van der Waals surface area (Å²) >= 11 is 0. The first-order valence-corrected chi connectivity index (χ1v) is 9.33. The number of methoxy groups -OCH3 is 1. The molecule has 0 radical (unpaired) electrons. The second kappa shape index (κ2) is 6.39. The monoisotopic (exact) mass is 341 g/mol. The summed E-state index contributed by atoms with van der Waals surface area (Å²) in [5.74, 6) is 0.534. The summed E-state index contributed by atoms with van der Waals surface area (Å²) in [7, 11) is -1.99. The first-order valence-electron chi connectivity index (χ1n) is 7.89. The largest absolute Gasteiger partial charge is 0.497 e. The highest BCUT2D eigenvalue weighted by molar-refractivity contribution is 7.89. The van der Waals surface area contributed by atoms with E-state index in [0.717, 1.165) is 12.8 Å². The van der Waals surface area contributed by atoms with Gasteiger partial charge in [-0.1, -0.05) is 6.07 Å². The molecule has 1 aromatic rings. The van der Waals surface area contributed by atoms with E-state index in [1.54, 1.807) is 24.3 Å². The minimum absolute atomic E-state index is 0.162. The number of sulfonamides is 1. The third-order valence-electron chi connectivity index (χ3n) is 4.46. The van der Waals surface area contributed by atoms with Crippen LogP contribution in [0.4, 0.5) is 0 Å². The molecule has 3 rings (SSSR count). The first-order chi connectivity index (χ1) is 11.0. The number of benzene rings is 1. The Morgan fingerprint density at radius 3 is 2.87 bits per heavy atom. The van der Waals surface area contributed by atoms with E-state index in [9.17, 15) is 8.42 Å². The van der Waals surface area contributed by atoms with Crippen LogP contribution in [0, 0.1) is 0 Å². The highest BCUT2D eigenvalue weighted by Gasteiger charge is 2.52. The van der Waals surface area contributed by atoms with Crippen molar-refractivity contribution in [2.75, 3.05) is 33.4 Å². The summed E-state index contributed by atoms with van der Waals surface area (Å²) in [6.45, 7) is 4.04. The Hall–Kier alpha value is -1.15. The molecule has 2 saturated heterocycles. The van der Waals surface area contributed by atoms with Crippen molar-refractivity contribution in [3.8, 4) is 5.75 Å². The number of rotatable bonds is 5. The van der Waals surface area contributed by atoms with Crippen LogP contribution in [-0.2, 0) is 19.5 Å². The highest BCUT2D eigenvalue weighted by Crippen LogP contribution is 2.38. The third kappa shape index (κ3) is 3.24. The normalized spacial score (nSPS) is 24.3. The maximum absolute atomic E-state index is 12.7. The van der Waals surface area contributed by atoms with Crippen molar-refractivity contribution >= 4 is 10.0 Å². The molecular formula is C16H23NO5S. The van der Waals surface area contributed by atoms with Crippen molar-refractivity contribution in [3.63, 3.8) is 0 Å². The number of hydrogen-bond acceptors (Lipinski definition) is 5. The SMILES string of the molecule is CCOC1CCOC2(C1)CN(S(=O)(=O)c1cccc(OC)c1)C2. The second-order valence-electron chi connectivity index (χ2n) is 6.05. The number of nitrogens with zero attached hydrogens (tertiary/aromatic N) is 1. The first kappa shape index (κ1) is 16.7. The van der Waals surface area contributed by atoms with Crippen molar-refractivity contribution in [1.29, 1.82) is 0 Å². The standard InChI is InChI=1S/C16H23NO5S/c1-3-21-14-7-8-22-16(10-14)11-17(12-16)23(18,19)15-6-4-5-13(9-15)20-2/h4-6,9,14H,3,7-8,10-12H2,1-2H3. The van der Waals surface area contributed by atoms with Crippen LogP contribution in [0.25, 0.3) is 0 Å². The Bertz CT molecular complexity index is 652. The smallest absolute Gasteiger partial charge is 0.243 e. The molecule has 2 heterocycles. The van der Waals surface area contributed by atoms with Crippen LogP contribution in [-0.4, -0.2) is 57.8 Å². The lowest BCUT2D eigenvalue weighted by Gasteiger charge is -2.52. The van der Waals surface area contributed by atoms with Gasteiger partial charge in [-0.2, -0.15) is 4.31 Å². The fourth-order valence-electron chi connectivity index (χ4n) is 3.26. The minimum Gasteiger partial charge on any atom is -0.497 e. The van der Waals surface area contributed by atoms with Crippen molar-refractivity contribution in [2.24, 2.45) is 0 Å². The van der Waals surface area contributed by atoms with Gasteiger partial charge >= 0.3 is 0 Å². The molecule has 23 heavy (non-hydrogen) atoms. The Labute approximate surface area is 137 Å². The molecule has 1 atom stereocenters. The van der Waals surface area contributed by atoms with E-state index >= 15 is 0 Å². The molecule has 1 spiro atoms. The summed E-state index contributed by atoms with van der Waals surface area (Å²) < 4.78 is 43.5. The molecule has 7 heteroatoms. The summed E-state index contributed by atoms with van der Waals surface area (Å²) in [6, 6.07) is 6.55. The van der Waals surface area contributed by atoms with Gasteiger partial charge in [-0.15, -0.1) is 0 Å². The van der Waals surface area contributed by atoms with E-state index in [-0.39, 0.29) is 16.6 Å². The molecule has 2 fully saturated rings. The van der Waals surface area contributed by atoms with E-state index in [1.807, 2.05) is 6.92 Å². The fourth-order valence-corrected chi connectivity index (χ4v) is 4.88. The van der Waals surface area contributed by atoms with Crippen LogP contribution in [0.5, 0.6) is 5.75 Å². The molecule has 2 aliphatic heterocycles. The summed E-state index contributed by atoms with van der Waals surface area (Å²) in [6.07, 6.45) is 1.79. The van der Waals surface area contributed by atoms with Gasteiger partial charge < -0.3 is 14.2 Å². The maximum atomic E-state index is 12.7. The molecule has 0 bridgehead atoms. The zero-order valence-corrected chi connectivity index (χ0v) is 14.3. The molecular weight excluding hydrogens is 318 g/mol. The molecule has 0 N–H and O–H groups in total. The maximum Gasteiger partial charge on any atom is 0.243 e. The quantitative estimate of drug-likeness (QED) is 0.815. The van der Waals surface area contributed by atoms with Crippen LogP contribution in [0.3, 0.4) is 0 Å². The Morgan fingerprint density at radius 2 is 2.17 bits per heavy atom. The van der Waals surface area contributed by atoms with E-state index in [4.69, 9.17) is 14.2 Å². The van der Waals surface area contributed by atoms with Gasteiger partial charge in [-0.3, -0.25) is 0 Å². The Balaban J connectivity index is 1.70. The minimum atomic E-state index is -3.51. The van der Waals surface area contributed by atoms with Crippen molar-refractivity contribution in [1.82, 2.24) is 4.31 Å². The van der Waals surface area contributed by atoms with Gasteiger partial charge in [0, 0.05) is 38.8 Å².